The van der Waals surface area contributed by atoms with E-state index >= 15 is 0 Å². The van der Waals surface area contributed by atoms with E-state index in [0.717, 1.165) is 0 Å². The molecule has 0 fully saturated rings. The average Bonchev–Trinajstić information content (AvgIpc) is 2.27. The fourth-order valence-electron chi connectivity index (χ4n) is 1.16. The Balaban J connectivity index is 2.76. The summed E-state index contributed by atoms with van der Waals surface area (Å²) in [7, 11) is 0. The first-order valence-corrected chi connectivity index (χ1v) is 4.48. The predicted molar refractivity (Wildman–Crippen MR) is 52.2 cm³/mol. The monoisotopic (exact) mass is 222 g/mol. The van der Waals surface area contributed by atoms with Crippen LogP contribution in [0.2, 0.25) is 0 Å². The molecule has 1 aromatic heterocycles. The Hall–Kier alpha value is -1.97. The van der Waals surface area contributed by atoms with Crippen LogP contribution in [0, 0.1) is 11.3 Å². The van der Waals surface area contributed by atoms with E-state index in [1.165, 1.54) is 18.3 Å². The molecule has 84 valence electrons. The average molecular weight is 222 g/mol. The van der Waals surface area contributed by atoms with Crippen molar-refractivity contribution in [2.45, 2.75) is 18.6 Å². The van der Waals surface area contributed by atoms with Gasteiger partial charge in [0.25, 0.3) is 0 Å². The number of aliphatic hydroxyl groups is 2. The van der Waals surface area contributed by atoms with Crippen molar-refractivity contribution >= 4 is 5.97 Å². The Bertz CT molecular complexity index is 410. The molecular formula is C10H10N2O4. The molecule has 0 saturated carbocycles. The van der Waals surface area contributed by atoms with Gasteiger partial charge in [-0.1, -0.05) is 6.07 Å². The first kappa shape index (κ1) is 12.1. The normalized spacial score (nSPS) is 13.8. The summed E-state index contributed by atoms with van der Waals surface area (Å²) in [5, 5.41) is 35.8. The summed E-state index contributed by atoms with van der Waals surface area (Å²) in [4.78, 5) is 14.0. The van der Waals surface area contributed by atoms with Crippen molar-refractivity contribution in [3.05, 3.63) is 29.6 Å². The highest BCUT2D eigenvalue weighted by Crippen LogP contribution is 2.18. The number of carbonyl (C=O) groups is 1. The minimum absolute atomic E-state index is 0.184. The zero-order valence-corrected chi connectivity index (χ0v) is 8.24. The summed E-state index contributed by atoms with van der Waals surface area (Å²) in [5.41, 5.74) is 0.455. The number of aromatic nitrogens is 1. The fourth-order valence-corrected chi connectivity index (χ4v) is 1.16. The summed E-state index contributed by atoms with van der Waals surface area (Å²) < 4.78 is 0. The molecule has 1 heterocycles. The van der Waals surface area contributed by atoms with Gasteiger partial charge in [0.05, 0.1) is 12.5 Å². The van der Waals surface area contributed by atoms with Crippen LogP contribution in [0.3, 0.4) is 0 Å². The van der Waals surface area contributed by atoms with Crippen LogP contribution in [0.5, 0.6) is 0 Å². The van der Waals surface area contributed by atoms with Crippen LogP contribution in [-0.4, -0.2) is 32.4 Å². The van der Waals surface area contributed by atoms with Gasteiger partial charge < -0.3 is 15.3 Å². The van der Waals surface area contributed by atoms with Gasteiger partial charge in [0.2, 0.25) is 0 Å². The summed E-state index contributed by atoms with van der Waals surface area (Å²) in [5.74, 6) is -1.20. The zero-order chi connectivity index (χ0) is 12.1. The second-order valence-electron chi connectivity index (χ2n) is 3.20. The summed E-state index contributed by atoms with van der Waals surface area (Å²) in [6, 6.07) is 4.60. The first-order chi connectivity index (χ1) is 7.54. The van der Waals surface area contributed by atoms with Gasteiger partial charge in [0, 0.05) is 11.8 Å². The van der Waals surface area contributed by atoms with E-state index in [9.17, 15) is 15.0 Å². The zero-order valence-electron chi connectivity index (χ0n) is 8.24. The van der Waals surface area contributed by atoms with Gasteiger partial charge in [-0.05, 0) is 6.07 Å². The number of rotatable bonds is 4. The van der Waals surface area contributed by atoms with Crippen LogP contribution >= 0.6 is 0 Å². The molecule has 0 aliphatic carbocycles. The van der Waals surface area contributed by atoms with Crippen molar-refractivity contribution in [2.24, 2.45) is 0 Å². The topological polar surface area (TPSA) is 114 Å². The molecule has 0 amide bonds. The lowest BCUT2D eigenvalue weighted by atomic mass is 10.0. The maximum Gasteiger partial charge on any atom is 0.306 e. The second kappa shape index (κ2) is 5.21. The maximum absolute atomic E-state index is 10.3. The van der Waals surface area contributed by atoms with Gasteiger partial charge in [0.1, 0.15) is 17.9 Å². The number of carboxylic acid groups (broad SMARTS) is 1. The van der Waals surface area contributed by atoms with E-state index < -0.39 is 24.6 Å². The molecule has 2 unspecified atom stereocenters. The van der Waals surface area contributed by atoms with Crippen molar-refractivity contribution in [2.75, 3.05) is 0 Å². The Morgan fingerprint density at radius 1 is 1.50 bits per heavy atom. The molecule has 0 bridgehead atoms. The molecular weight excluding hydrogens is 212 g/mol. The van der Waals surface area contributed by atoms with Crippen LogP contribution in [-0.2, 0) is 4.79 Å². The summed E-state index contributed by atoms with van der Waals surface area (Å²) >= 11 is 0. The third kappa shape index (κ3) is 3.02. The number of nitrogens with zero attached hydrogens (tertiary/aromatic N) is 2. The first-order valence-electron chi connectivity index (χ1n) is 4.48. The highest BCUT2D eigenvalue weighted by atomic mass is 16.4. The van der Waals surface area contributed by atoms with Gasteiger partial charge in [-0.2, -0.15) is 5.26 Å². The van der Waals surface area contributed by atoms with Gasteiger partial charge >= 0.3 is 5.97 Å². The summed E-state index contributed by atoms with van der Waals surface area (Å²) in [6.07, 6.45) is -2.04. The summed E-state index contributed by atoms with van der Waals surface area (Å²) in [6.45, 7) is 0. The van der Waals surface area contributed by atoms with Crippen LogP contribution in [0.25, 0.3) is 0 Å². The highest BCUT2D eigenvalue weighted by molar-refractivity contribution is 5.67. The Morgan fingerprint density at radius 2 is 2.19 bits per heavy atom. The molecule has 6 heteroatoms. The molecule has 3 N–H and O–H groups in total. The molecule has 0 saturated heterocycles. The Kier molecular flexibility index (Phi) is 3.94. The van der Waals surface area contributed by atoms with E-state index in [1.54, 1.807) is 6.07 Å². The molecule has 0 radical (unpaired) electrons. The minimum atomic E-state index is -1.40. The Morgan fingerprint density at radius 3 is 2.62 bits per heavy atom. The fraction of sp³-hybridized carbons (Fsp3) is 0.300. The molecule has 2 atom stereocenters. The third-order valence-electron chi connectivity index (χ3n) is 1.99. The number of pyridine rings is 1. The number of aliphatic carboxylic acids is 1. The lowest BCUT2D eigenvalue weighted by Crippen LogP contribution is -2.21. The van der Waals surface area contributed by atoms with Crippen LogP contribution in [0.1, 0.15) is 23.8 Å². The van der Waals surface area contributed by atoms with E-state index in [2.05, 4.69) is 4.98 Å². The third-order valence-corrected chi connectivity index (χ3v) is 1.99. The number of carboxylic acids is 1. The molecule has 1 aromatic rings. The maximum atomic E-state index is 10.3. The van der Waals surface area contributed by atoms with Gasteiger partial charge in [-0.15, -0.1) is 0 Å². The molecule has 0 aliphatic heterocycles. The van der Waals surface area contributed by atoms with E-state index in [0.29, 0.717) is 0 Å². The van der Waals surface area contributed by atoms with Gasteiger partial charge in [-0.25, -0.2) is 4.98 Å². The number of hydrogen-bond acceptors (Lipinski definition) is 5. The SMILES string of the molecule is N#Cc1ccc(C(O)C(O)CC(=O)O)cn1. The van der Waals surface area contributed by atoms with Crippen molar-refractivity contribution in [1.82, 2.24) is 4.98 Å². The van der Waals surface area contributed by atoms with Crippen LogP contribution in [0.4, 0.5) is 0 Å². The largest absolute Gasteiger partial charge is 0.481 e. The van der Waals surface area contributed by atoms with Crippen LogP contribution < -0.4 is 0 Å². The Labute approximate surface area is 91.4 Å². The highest BCUT2D eigenvalue weighted by Gasteiger charge is 2.21. The molecule has 1 rings (SSSR count). The minimum Gasteiger partial charge on any atom is -0.481 e. The lowest BCUT2D eigenvalue weighted by Gasteiger charge is -2.15. The smallest absolute Gasteiger partial charge is 0.306 e. The molecule has 0 aliphatic rings. The number of nitriles is 1. The van der Waals surface area contributed by atoms with Gasteiger partial charge in [-0.3, -0.25) is 4.79 Å². The van der Waals surface area contributed by atoms with E-state index in [-0.39, 0.29) is 11.3 Å². The molecule has 6 nitrogen and oxygen atoms in total. The van der Waals surface area contributed by atoms with Gasteiger partial charge in [0.15, 0.2) is 0 Å². The van der Waals surface area contributed by atoms with E-state index in [4.69, 9.17) is 10.4 Å². The second-order valence-corrected chi connectivity index (χ2v) is 3.20. The quantitative estimate of drug-likeness (QED) is 0.651. The number of hydrogen-bond donors (Lipinski definition) is 3. The molecule has 0 aromatic carbocycles. The molecule has 0 spiro atoms. The van der Waals surface area contributed by atoms with Crippen LogP contribution in [0.15, 0.2) is 18.3 Å². The van der Waals surface area contributed by atoms with Crippen molar-refractivity contribution in [1.29, 1.82) is 5.26 Å². The number of aliphatic hydroxyl groups excluding tert-OH is 2. The standard InChI is InChI=1S/C10H10N2O4/c11-4-7-2-1-6(5-12-7)10(16)8(13)3-9(14)15/h1-2,5,8,10,13,16H,3H2,(H,14,15). The van der Waals surface area contributed by atoms with Crippen molar-refractivity contribution in [3.63, 3.8) is 0 Å². The van der Waals surface area contributed by atoms with Crippen molar-refractivity contribution in [3.8, 4) is 6.07 Å². The van der Waals surface area contributed by atoms with Crippen molar-refractivity contribution < 1.29 is 20.1 Å². The lowest BCUT2D eigenvalue weighted by molar-refractivity contribution is -0.141. The van der Waals surface area contributed by atoms with E-state index in [1.807, 2.05) is 0 Å². The molecule has 16 heavy (non-hydrogen) atoms. The predicted octanol–water partition coefficient (Wildman–Crippen LogP) is -0.178.